The lowest BCUT2D eigenvalue weighted by molar-refractivity contribution is -0.135. The van der Waals surface area contributed by atoms with Gasteiger partial charge >= 0.3 is 0 Å². The van der Waals surface area contributed by atoms with Crippen LogP contribution in [-0.4, -0.2) is 72.8 Å². The minimum absolute atomic E-state index is 0.0233. The van der Waals surface area contributed by atoms with Gasteiger partial charge < -0.3 is 15.0 Å². The number of nitrogens with one attached hydrogen (secondary N) is 1. The molecule has 4 amide bonds. The number of fused-ring (bicyclic) bond motifs is 1. The number of carbonyl (C=O) groups is 4. The third-order valence-corrected chi connectivity index (χ3v) is 5.60. The van der Waals surface area contributed by atoms with Gasteiger partial charge in [0.05, 0.1) is 11.1 Å². The van der Waals surface area contributed by atoms with Gasteiger partial charge in [0.1, 0.15) is 0 Å². The number of methoxy groups -OCH3 is 1. The lowest BCUT2D eigenvalue weighted by atomic mass is 10.0. The van der Waals surface area contributed by atoms with Crippen molar-refractivity contribution < 1.29 is 23.9 Å². The van der Waals surface area contributed by atoms with Crippen LogP contribution in [-0.2, 0) is 9.53 Å². The Morgan fingerprint density at radius 3 is 2.43 bits per heavy atom. The molecule has 1 saturated heterocycles. The van der Waals surface area contributed by atoms with E-state index in [9.17, 15) is 19.2 Å². The fourth-order valence-electron chi connectivity index (χ4n) is 3.88. The summed E-state index contributed by atoms with van der Waals surface area (Å²) in [6, 6.07) is 4.60. The molecule has 162 valence electrons. The van der Waals surface area contributed by atoms with Gasteiger partial charge in [-0.15, -0.1) is 0 Å². The first kappa shape index (κ1) is 22.0. The molecule has 1 aromatic carbocycles. The van der Waals surface area contributed by atoms with Crippen molar-refractivity contribution in [2.45, 2.75) is 39.2 Å². The van der Waals surface area contributed by atoms with Crippen LogP contribution in [0.15, 0.2) is 18.2 Å². The average molecular weight is 415 g/mol. The quantitative estimate of drug-likeness (QED) is 0.540. The van der Waals surface area contributed by atoms with E-state index in [0.29, 0.717) is 50.1 Å². The Labute approximate surface area is 176 Å². The van der Waals surface area contributed by atoms with E-state index < -0.39 is 0 Å². The number of ether oxygens (including phenoxy) is 1. The molecule has 2 aliphatic rings. The Balaban J connectivity index is 1.61. The molecule has 1 aromatic rings. The standard InChI is InChI=1S/C22H29N3O5/c1-14(2)20(27)24-10-7-16(8-11-24)23-19(26)15-5-6-17-18(13-15)22(29)25(21(17)28)9-4-12-30-3/h5-6,13-14,16H,4,7-12H2,1-3H3,(H,23,26). The fraction of sp³-hybridized carbons (Fsp3) is 0.545. The molecule has 0 spiro atoms. The molecule has 1 fully saturated rings. The van der Waals surface area contributed by atoms with Crippen LogP contribution in [0.2, 0.25) is 0 Å². The van der Waals surface area contributed by atoms with Crippen molar-refractivity contribution in [2.24, 2.45) is 5.92 Å². The lowest BCUT2D eigenvalue weighted by Crippen LogP contribution is -2.47. The van der Waals surface area contributed by atoms with Crippen molar-refractivity contribution in [2.75, 3.05) is 33.4 Å². The topological polar surface area (TPSA) is 96.0 Å². The highest BCUT2D eigenvalue weighted by Gasteiger charge is 2.35. The highest BCUT2D eigenvalue weighted by Crippen LogP contribution is 2.24. The number of piperidine rings is 1. The number of amides is 4. The predicted octanol–water partition coefficient (Wildman–Crippen LogP) is 1.70. The van der Waals surface area contributed by atoms with Gasteiger partial charge in [0.25, 0.3) is 17.7 Å². The van der Waals surface area contributed by atoms with Crippen LogP contribution in [0.25, 0.3) is 0 Å². The number of imide groups is 1. The van der Waals surface area contributed by atoms with Gasteiger partial charge in [0.2, 0.25) is 5.91 Å². The SMILES string of the molecule is COCCCN1C(=O)c2ccc(C(=O)NC3CCN(C(=O)C(C)C)CC3)cc2C1=O. The minimum Gasteiger partial charge on any atom is -0.385 e. The van der Waals surface area contributed by atoms with Gasteiger partial charge in [-0.2, -0.15) is 0 Å². The van der Waals surface area contributed by atoms with Crippen molar-refractivity contribution in [1.82, 2.24) is 15.1 Å². The van der Waals surface area contributed by atoms with Crippen LogP contribution in [0, 0.1) is 5.92 Å². The average Bonchev–Trinajstić information content (AvgIpc) is 2.98. The second-order valence-electron chi connectivity index (χ2n) is 8.10. The Morgan fingerprint density at radius 1 is 1.13 bits per heavy atom. The molecule has 2 heterocycles. The third kappa shape index (κ3) is 4.53. The molecule has 0 unspecified atom stereocenters. The van der Waals surface area contributed by atoms with Crippen LogP contribution in [0.1, 0.15) is 64.2 Å². The number of benzene rings is 1. The summed E-state index contributed by atoms with van der Waals surface area (Å²) in [6.07, 6.45) is 1.95. The van der Waals surface area contributed by atoms with Gasteiger partial charge in [-0.1, -0.05) is 13.8 Å². The second kappa shape index (κ2) is 9.38. The summed E-state index contributed by atoms with van der Waals surface area (Å²) in [5.41, 5.74) is 0.950. The number of carbonyl (C=O) groups excluding carboxylic acids is 4. The molecule has 0 radical (unpaired) electrons. The first-order valence-electron chi connectivity index (χ1n) is 10.4. The molecule has 0 atom stereocenters. The second-order valence-corrected chi connectivity index (χ2v) is 8.10. The van der Waals surface area contributed by atoms with Crippen LogP contribution >= 0.6 is 0 Å². The molecular weight excluding hydrogens is 386 g/mol. The minimum atomic E-state index is -0.374. The Hall–Kier alpha value is -2.74. The molecule has 2 aliphatic heterocycles. The summed E-state index contributed by atoms with van der Waals surface area (Å²) >= 11 is 0. The van der Waals surface area contributed by atoms with Crippen LogP contribution < -0.4 is 5.32 Å². The van der Waals surface area contributed by atoms with Crippen molar-refractivity contribution in [3.8, 4) is 0 Å². The predicted molar refractivity (Wildman–Crippen MR) is 110 cm³/mol. The molecule has 3 rings (SSSR count). The third-order valence-electron chi connectivity index (χ3n) is 5.60. The monoisotopic (exact) mass is 415 g/mol. The van der Waals surface area contributed by atoms with Gasteiger partial charge in [-0.25, -0.2) is 0 Å². The summed E-state index contributed by atoms with van der Waals surface area (Å²) in [6.45, 7) is 5.76. The van der Waals surface area contributed by atoms with Crippen molar-refractivity contribution >= 4 is 23.6 Å². The highest BCUT2D eigenvalue weighted by atomic mass is 16.5. The zero-order chi connectivity index (χ0) is 21.8. The Morgan fingerprint density at radius 2 is 1.80 bits per heavy atom. The van der Waals surface area contributed by atoms with Crippen LogP contribution in [0.5, 0.6) is 0 Å². The van der Waals surface area contributed by atoms with E-state index in [1.54, 1.807) is 19.2 Å². The van der Waals surface area contributed by atoms with Crippen LogP contribution in [0.3, 0.4) is 0 Å². The van der Waals surface area contributed by atoms with E-state index in [1.807, 2.05) is 18.7 Å². The van der Waals surface area contributed by atoms with E-state index >= 15 is 0 Å². The zero-order valence-electron chi connectivity index (χ0n) is 17.8. The van der Waals surface area contributed by atoms with E-state index in [2.05, 4.69) is 5.32 Å². The molecular formula is C22H29N3O5. The Kier molecular flexibility index (Phi) is 6.87. The first-order chi connectivity index (χ1) is 14.3. The number of rotatable bonds is 7. The van der Waals surface area contributed by atoms with Gasteiger partial charge in [0, 0.05) is 50.9 Å². The maximum absolute atomic E-state index is 12.7. The lowest BCUT2D eigenvalue weighted by Gasteiger charge is -2.33. The number of hydrogen-bond acceptors (Lipinski definition) is 5. The maximum Gasteiger partial charge on any atom is 0.261 e. The fourth-order valence-corrected chi connectivity index (χ4v) is 3.88. The normalized spacial score (nSPS) is 16.9. The van der Waals surface area contributed by atoms with E-state index in [-0.39, 0.29) is 47.7 Å². The smallest absolute Gasteiger partial charge is 0.261 e. The molecule has 8 heteroatoms. The van der Waals surface area contributed by atoms with E-state index in [0.717, 1.165) is 0 Å². The maximum atomic E-state index is 12.7. The number of likely N-dealkylation sites (tertiary alicyclic amines) is 1. The summed E-state index contributed by atoms with van der Waals surface area (Å²) in [5, 5.41) is 2.99. The van der Waals surface area contributed by atoms with Crippen molar-refractivity contribution in [1.29, 1.82) is 0 Å². The molecule has 0 saturated carbocycles. The largest absolute Gasteiger partial charge is 0.385 e. The van der Waals surface area contributed by atoms with Gasteiger partial charge in [-0.05, 0) is 37.5 Å². The molecule has 1 N–H and O–H groups in total. The number of hydrogen-bond donors (Lipinski definition) is 1. The molecule has 30 heavy (non-hydrogen) atoms. The zero-order valence-corrected chi connectivity index (χ0v) is 17.8. The van der Waals surface area contributed by atoms with Gasteiger partial charge in [0.15, 0.2) is 0 Å². The number of nitrogens with zero attached hydrogens (tertiary/aromatic N) is 2. The molecule has 0 aliphatic carbocycles. The molecule has 0 aromatic heterocycles. The van der Waals surface area contributed by atoms with E-state index in [4.69, 9.17) is 4.74 Å². The van der Waals surface area contributed by atoms with Crippen LogP contribution in [0.4, 0.5) is 0 Å². The summed E-state index contributed by atoms with van der Waals surface area (Å²) in [7, 11) is 1.57. The summed E-state index contributed by atoms with van der Waals surface area (Å²) < 4.78 is 4.98. The van der Waals surface area contributed by atoms with Crippen molar-refractivity contribution in [3.63, 3.8) is 0 Å². The Bertz CT molecular complexity index is 843. The van der Waals surface area contributed by atoms with Gasteiger partial charge in [-0.3, -0.25) is 24.1 Å². The first-order valence-corrected chi connectivity index (χ1v) is 10.4. The van der Waals surface area contributed by atoms with Crippen molar-refractivity contribution in [3.05, 3.63) is 34.9 Å². The molecule has 8 nitrogen and oxygen atoms in total. The summed E-state index contributed by atoms with van der Waals surface area (Å²) in [5.74, 6) is -0.875. The van der Waals surface area contributed by atoms with E-state index in [1.165, 1.54) is 11.0 Å². The summed E-state index contributed by atoms with van der Waals surface area (Å²) in [4.78, 5) is 52.9. The highest BCUT2D eigenvalue weighted by molar-refractivity contribution is 6.22. The molecule has 0 bridgehead atoms.